The van der Waals surface area contributed by atoms with Crippen LogP contribution in [0, 0.1) is 5.82 Å². The second kappa shape index (κ2) is 7.19. The molecule has 2 aromatic carbocycles. The van der Waals surface area contributed by atoms with Crippen LogP contribution in [0.2, 0.25) is 0 Å². The van der Waals surface area contributed by atoms with E-state index in [1.807, 2.05) is 0 Å². The second-order valence-electron chi connectivity index (χ2n) is 6.47. The van der Waals surface area contributed by atoms with E-state index in [9.17, 15) is 18.8 Å². The SMILES string of the molecule is Cn1c(=O)ccn(CC(=O)Nc2ccc(-c3nc4c(F)cccc4[nH]3)cc2)c1=O. The number of H-pyrrole nitrogens is 1. The van der Waals surface area contributed by atoms with E-state index in [-0.39, 0.29) is 12.1 Å². The minimum atomic E-state index is -0.569. The van der Waals surface area contributed by atoms with Crippen molar-refractivity contribution >= 4 is 22.6 Å². The van der Waals surface area contributed by atoms with Crippen LogP contribution in [0.25, 0.3) is 22.4 Å². The van der Waals surface area contributed by atoms with E-state index in [1.165, 1.54) is 25.4 Å². The first-order valence-corrected chi connectivity index (χ1v) is 8.73. The van der Waals surface area contributed by atoms with Gasteiger partial charge in [0.2, 0.25) is 5.91 Å². The predicted molar refractivity (Wildman–Crippen MR) is 106 cm³/mol. The van der Waals surface area contributed by atoms with Crippen molar-refractivity contribution in [3.05, 3.63) is 81.4 Å². The van der Waals surface area contributed by atoms with Crippen molar-refractivity contribution in [2.75, 3.05) is 5.32 Å². The normalized spacial score (nSPS) is 11.0. The molecule has 2 N–H and O–H groups in total. The topological polar surface area (TPSA) is 102 Å². The quantitative estimate of drug-likeness (QED) is 0.553. The maximum atomic E-state index is 13.8. The fourth-order valence-corrected chi connectivity index (χ4v) is 2.94. The van der Waals surface area contributed by atoms with Crippen LogP contribution in [0.1, 0.15) is 0 Å². The number of amides is 1. The molecule has 0 aliphatic carbocycles. The Labute approximate surface area is 163 Å². The summed E-state index contributed by atoms with van der Waals surface area (Å²) in [4.78, 5) is 42.9. The van der Waals surface area contributed by atoms with E-state index < -0.39 is 23.0 Å². The summed E-state index contributed by atoms with van der Waals surface area (Å²) in [5, 5.41) is 2.69. The largest absolute Gasteiger partial charge is 0.338 e. The van der Waals surface area contributed by atoms with Crippen molar-refractivity contribution in [1.29, 1.82) is 0 Å². The first kappa shape index (κ1) is 18.4. The zero-order valence-corrected chi connectivity index (χ0v) is 15.3. The number of nitrogens with zero attached hydrogens (tertiary/aromatic N) is 3. The molecule has 2 aromatic heterocycles. The average Bonchev–Trinajstić information content (AvgIpc) is 3.15. The molecular weight excluding hydrogens is 377 g/mol. The third-order valence-corrected chi connectivity index (χ3v) is 4.48. The molecule has 0 bridgehead atoms. The van der Waals surface area contributed by atoms with Crippen molar-refractivity contribution in [1.82, 2.24) is 19.1 Å². The van der Waals surface area contributed by atoms with E-state index >= 15 is 0 Å². The van der Waals surface area contributed by atoms with Crippen LogP contribution in [-0.4, -0.2) is 25.0 Å². The first-order chi connectivity index (χ1) is 13.9. The summed E-state index contributed by atoms with van der Waals surface area (Å²) in [5.74, 6) is -0.299. The highest BCUT2D eigenvalue weighted by Gasteiger charge is 2.10. The van der Waals surface area contributed by atoms with Crippen LogP contribution >= 0.6 is 0 Å². The Bertz CT molecular complexity index is 1330. The van der Waals surface area contributed by atoms with Crippen LogP contribution in [0.3, 0.4) is 0 Å². The smallest absolute Gasteiger partial charge is 0.331 e. The van der Waals surface area contributed by atoms with Crippen molar-refractivity contribution in [2.24, 2.45) is 7.05 Å². The lowest BCUT2D eigenvalue weighted by Gasteiger charge is -2.08. The number of hydrogen-bond donors (Lipinski definition) is 2. The molecule has 0 aliphatic heterocycles. The van der Waals surface area contributed by atoms with Gasteiger partial charge in [-0.3, -0.25) is 18.7 Å². The number of benzene rings is 2. The van der Waals surface area contributed by atoms with E-state index in [0.717, 1.165) is 14.7 Å². The zero-order chi connectivity index (χ0) is 20.5. The maximum absolute atomic E-state index is 13.8. The number of carbonyl (C=O) groups excluding carboxylic acids is 1. The third kappa shape index (κ3) is 3.57. The summed E-state index contributed by atoms with van der Waals surface area (Å²) in [5.41, 5.74) is 1.11. The number of rotatable bonds is 4. The molecule has 146 valence electrons. The molecule has 0 radical (unpaired) electrons. The number of anilines is 1. The molecule has 29 heavy (non-hydrogen) atoms. The fourth-order valence-electron chi connectivity index (χ4n) is 2.94. The van der Waals surface area contributed by atoms with Gasteiger partial charge in [-0.15, -0.1) is 0 Å². The Morgan fingerprint density at radius 2 is 1.90 bits per heavy atom. The van der Waals surface area contributed by atoms with Gasteiger partial charge >= 0.3 is 5.69 Å². The number of fused-ring (bicyclic) bond motifs is 1. The van der Waals surface area contributed by atoms with Crippen molar-refractivity contribution < 1.29 is 9.18 Å². The Balaban J connectivity index is 1.50. The molecule has 4 rings (SSSR count). The van der Waals surface area contributed by atoms with Crippen LogP contribution in [0.5, 0.6) is 0 Å². The minimum Gasteiger partial charge on any atom is -0.338 e. The van der Waals surface area contributed by atoms with E-state index in [4.69, 9.17) is 0 Å². The van der Waals surface area contributed by atoms with Gasteiger partial charge in [-0.05, 0) is 36.4 Å². The minimum absolute atomic E-state index is 0.225. The van der Waals surface area contributed by atoms with E-state index in [1.54, 1.807) is 36.4 Å². The number of imidazole rings is 1. The Morgan fingerprint density at radius 1 is 1.14 bits per heavy atom. The fraction of sp³-hybridized carbons (Fsp3) is 0.100. The Hall–Kier alpha value is -4.01. The molecule has 0 aliphatic rings. The highest BCUT2D eigenvalue weighted by atomic mass is 19.1. The summed E-state index contributed by atoms with van der Waals surface area (Å²) in [6.45, 7) is -0.225. The van der Waals surface area contributed by atoms with Gasteiger partial charge in [0.1, 0.15) is 17.9 Å². The molecule has 0 unspecified atom stereocenters. The first-order valence-electron chi connectivity index (χ1n) is 8.73. The lowest BCUT2D eigenvalue weighted by atomic mass is 10.2. The molecule has 1 amide bonds. The third-order valence-electron chi connectivity index (χ3n) is 4.48. The van der Waals surface area contributed by atoms with Crippen LogP contribution < -0.4 is 16.6 Å². The van der Waals surface area contributed by atoms with E-state index in [0.29, 0.717) is 17.0 Å². The van der Waals surface area contributed by atoms with Gasteiger partial charge in [-0.25, -0.2) is 14.2 Å². The van der Waals surface area contributed by atoms with Gasteiger partial charge in [0, 0.05) is 30.6 Å². The molecule has 2 heterocycles. The highest BCUT2D eigenvalue weighted by molar-refractivity contribution is 5.90. The number of nitrogens with one attached hydrogen (secondary N) is 2. The van der Waals surface area contributed by atoms with Gasteiger partial charge in [-0.2, -0.15) is 0 Å². The molecule has 4 aromatic rings. The van der Waals surface area contributed by atoms with Gasteiger partial charge in [0.25, 0.3) is 5.56 Å². The number of aromatic nitrogens is 4. The summed E-state index contributed by atoms with van der Waals surface area (Å²) in [6.07, 6.45) is 1.29. The van der Waals surface area contributed by atoms with E-state index in [2.05, 4.69) is 15.3 Å². The van der Waals surface area contributed by atoms with Crippen LogP contribution in [0.15, 0.2) is 64.3 Å². The van der Waals surface area contributed by atoms with Crippen molar-refractivity contribution in [3.63, 3.8) is 0 Å². The summed E-state index contributed by atoms with van der Waals surface area (Å²) < 4.78 is 15.9. The summed E-state index contributed by atoms with van der Waals surface area (Å²) in [6, 6.07) is 12.8. The van der Waals surface area contributed by atoms with Gasteiger partial charge in [0.15, 0.2) is 5.82 Å². The summed E-state index contributed by atoms with van der Waals surface area (Å²) in [7, 11) is 1.35. The van der Waals surface area contributed by atoms with Crippen LogP contribution in [0.4, 0.5) is 10.1 Å². The van der Waals surface area contributed by atoms with Crippen molar-refractivity contribution in [2.45, 2.75) is 6.54 Å². The number of para-hydroxylation sites is 1. The van der Waals surface area contributed by atoms with Crippen molar-refractivity contribution in [3.8, 4) is 11.4 Å². The zero-order valence-electron chi connectivity index (χ0n) is 15.3. The van der Waals surface area contributed by atoms with Gasteiger partial charge in [-0.1, -0.05) is 6.07 Å². The number of halogens is 1. The average molecular weight is 393 g/mol. The molecule has 9 heteroatoms. The second-order valence-corrected chi connectivity index (χ2v) is 6.47. The summed E-state index contributed by atoms with van der Waals surface area (Å²) >= 11 is 0. The van der Waals surface area contributed by atoms with Gasteiger partial charge < -0.3 is 10.3 Å². The lowest BCUT2D eigenvalue weighted by Crippen LogP contribution is -2.38. The number of hydrogen-bond acceptors (Lipinski definition) is 4. The lowest BCUT2D eigenvalue weighted by molar-refractivity contribution is -0.116. The maximum Gasteiger partial charge on any atom is 0.331 e. The molecule has 0 saturated carbocycles. The molecule has 0 spiro atoms. The molecule has 0 saturated heterocycles. The molecular formula is C20H16FN5O3. The monoisotopic (exact) mass is 393 g/mol. The highest BCUT2D eigenvalue weighted by Crippen LogP contribution is 2.23. The van der Waals surface area contributed by atoms with Gasteiger partial charge in [0.05, 0.1) is 5.52 Å². The number of aromatic amines is 1. The number of carbonyl (C=O) groups is 1. The van der Waals surface area contributed by atoms with Crippen LogP contribution in [-0.2, 0) is 18.4 Å². The molecule has 0 fully saturated rings. The molecule has 0 atom stereocenters. The Morgan fingerprint density at radius 3 is 2.62 bits per heavy atom. The predicted octanol–water partition coefficient (Wildman–Crippen LogP) is 1.87. The molecule has 8 nitrogen and oxygen atoms in total. The Kier molecular flexibility index (Phi) is 4.55. The standard InChI is InChI=1S/C20H16FN5O3/c1-25-17(28)9-10-26(20(25)29)11-16(27)22-13-7-5-12(6-8-13)19-23-15-4-2-3-14(21)18(15)24-19/h2-10H,11H2,1H3,(H,22,27)(H,23,24).